The zero-order valence-corrected chi connectivity index (χ0v) is 11.4. The molecular weight excluding hydrogens is 411 g/mol. The van der Waals surface area contributed by atoms with E-state index in [1.807, 2.05) is 0 Å². The Bertz CT molecular complexity index is 221. The van der Waals surface area contributed by atoms with Crippen LogP contribution in [0.4, 0.5) is 0 Å². The molecule has 4 N–H and O–H groups in total. The first-order chi connectivity index (χ1) is 6.93. The van der Waals surface area contributed by atoms with Crippen molar-refractivity contribution in [2.45, 2.75) is 44.2 Å². The summed E-state index contributed by atoms with van der Waals surface area (Å²) in [4.78, 5) is 19.1. The van der Waals surface area contributed by atoms with E-state index in [0.717, 1.165) is 12.8 Å². The molecule has 1 fully saturated rings. The van der Waals surface area contributed by atoms with Gasteiger partial charge in [0.2, 0.25) is 0 Å². The van der Waals surface area contributed by atoms with Gasteiger partial charge < -0.3 is 36.8 Å². The summed E-state index contributed by atoms with van der Waals surface area (Å²) in [7, 11) is 0. The van der Waals surface area contributed by atoms with Gasteiger partial charge in [-0.1, -0.05) is 25.7 Å². The molecule has 0 aliphatic heterocycles. The van der Waals surface area contributed by atoms with Gasteiger partial charge in [0.1, 0.15) is 0 Å². The molecule has 1 atom stereocenters. The Labute approximate surface area is 114 Å². The number of carbonyl (C=O) groups is 2. The fourth-order valence-electron chi connectivity index (χ4n) is 1.17. The van der Waals surface area contributed by atoms with Crippen LogP contribution in [-0.2, 0) is 30.7 Å². The zero-order chi connectivity index (χ0) is 11.8. The smallest absolute Gasteiger partial charge is 0.693 e. The van der Waals surface area contributed by atoms with Gasteiger partial charge in [-0.25, -0.2) is 0 Å². The minimum atomic E-state index is -1.96. The van der Waals surface area contributed by atoms with Crippen molar-refractivity contribution in [3.63, 3.8) is 0 Å². The molecule has 0 heterocycles. The van der Waals surface area contributed by atoms with E-state index in [-0.39, 0.29) is 27.2 Å². The van der Waals surface area contributed by atoms with E-state index in [4.69, 9.17) is 10.8 Å². The van der Waals surface area contributed by atoms with Gasteiger partial charge in [0, 0.05) is 12.4 Å². The van der Waals surface area contributed by atoms with E-state index in [2.05, 4.69) is 0 Å². The summed E-state index contributed by atoms with van der Waals surface area (Å²) >= 11 is 0. The first-order valence-electron chi connectivity index (χ1n) is 4.73. The summed E-state index contributed by atoms with van der Waals surface area (Å²) in [5.41, 5.74) is 7.13. The third-order valence-electron chi connectivity index (χ3n) is 1.99. The number of aliphatic carboxylic acids is 2. The predicted octanol–water partition coefficient (Wildman–Crippen LogP) is -1.07. The van der Waals surface area contributed by atoms with Crippen molar-refractivity contribution in [3.05, 3.63) is 11.9 Å². The van der Waals surface area contributed by atoms with Crippen molar-refractivity contribution < 1.29 is 46.0 Å². The first-order valence-corrected chi connectivity index (χ1v) is 4.73. The Balaban J connectivity index is -0.000000216. The number of nitrogens with two attached hydrogens (primary N) is 1. The molecule has 0 aromatic rings. The normalized spacial score (nSPS) is 15.6. The van der Waals surface area contributed by atoms with Crippen LogP contribution < -0.4 is 10.2 Å². The molecule has 0 spiro atoms. The predicted molar refractivity (Wildman–Crippen MR) is 52.5 cm³/mol. The van der Waals surface area contributed by atoms with E-state index in [0.29, 0.717) is 6.04 Å². The van der Waals surface area contributed by atoms with Crippen LogP contribution in [0.1, 0.15) is 32.1 Å². The first kappa shape index (κ1) is 21.8. The fourth-order valence-corrected chi connectivity index (χ4v) is 1.17. The summed E-state index contributed by atoms with van der Waals surface area (Å²) in [5, 5.41) is 27.3. The van der Waals surface area contributed by atoms with Crippen LogP contribution in [0.2, 0.25) is 0 Å². The summed E-state index contributed by atoms with van der Waals surface area (Å²) in [6, 6.07) is 0.296. The molecule has 1 saturated carbocycles. The minimum absolute atomic E-state index is 0. The Morgan fingerprint density at radius 2 is 1.71 bits per heavy atom. The van der Waals surface area contributed by atoms with E-state index in [1.54, 1.807) is 0 Å². The third kappa shape index (κ3) is 13.4. The van der Waals surface area contributed by atoms with Crippen molar-refractivity contribution in [2.75, 3.05) is 0 Å². The summed E-state index contributed by atoms with van der Waals surface area (Å²) in [6.07, 6.45) is 2.01. The maximum absolute atomic E-state index is 9.58. The Morgan fingerprint density at radius 3 is 1.82 bits per heavy atom. The van der Waals surface area contributed by atoms with Crippen molar-refractivity contribution in [3.8, 4) is 0 Å². The van der Waals surface area contributed by atoms with Gasteiger partial charge in [-0.3, -0.25) is 0 Å². The molecule has 0 aromatic heterocycles. The molecule has 0 aromatic carbocycles. The van der Waals surface area contributed by atoms with Crippen molar-refractivity contribution in [1.82, 2.24) is 0 Å². The molecule has 102 valence electrons. The molecular formula is C9H16N2O5Pt. The van der Waals surface area contributed by atoms with Crippen molar-refractivity contribution in [1.29, 1.82) is 0 Å². The van der Waals surface area contributed by atoms with Crippen LogP contribution in [0.5, 0.6) is 0 Å². The summed E-state index contributed by atoms with van der Waals surface area (Å²) in [6.45, 7) is 0. The average Bonchev–Trinajstić information content (AvgIpc) is 2.55. The van der Waals surface area contributed by atoms with Crippen LogP contribution in [0.3, 0.4) is 0 Å². The number of hydrogen-bond donors (Lipinski definition) is 1. The van der Waals surface area contributed by atoms with Gasteiger partial charge in [-0.05, 0) is 0 Å². The van der Waals surface area contributed by atoms with Crippen LogP contribution >= 0.6 is 0 Å². The third-order valence-corrected chi connectivity index (χ3v) is 1.99. The number of hydrogen-bond acceptors (Lipinski definition) is 5. The van der Waals surface area contributed by atoms with Crippen LogP contribution in [-0.4, -0.2) is 29.2 Å². The topological polar surface area (TPSA) is 158 Å². The number of carboxylic acid groups (broad SMARTS) is 2. The molecule has 1 unspecified atom stereocenters. The average molecular weight is 427 g/mol. The van der Waals surface area contributed by atoms with Crippen molar-refractivity contribution >= 4 is 11.9 Å². The van der Waals surface area contributed by atoms with Crippen LogP contribution in [0, 0.1) is 0 Å². The quantitative estimate of drug-likeness (QED) is 0.607. The number of aliphatic hydroxyl groups excluding tert-OH is 1. The second-order valence-electron chi connectivity index (χ2n) is 3.39. The molecule has 0 radical (unpaired) electrons. The number of rotatable bonds is 3. The van der Waals surface area contributed by atoms with E-state index < -0.39 is 24.5 Å². The second kappa shape index (κ2) is 12.0. The Morgan fingerprint density at radius 1 is 1.29 bits per heavy atom. The molecule has 0 amide bonds. The van der Waals surface area contributed by atoms with E-state index in [1.165, 1.54) is 12.8 Å². The standard InChI is InChI=1S/C5H10N.C4H6O5.H2N.Pt/c6-5-3-1-2-4-5;5-2(4(8)9)1-3(6)7;;/h5-6H,1-4H2;2,5H,1H2,(H,6,7)(H,8,9);1H2;/q-1;;-1;+4/p-2. The van der Waals surface area contributed by atoms with Gasteiger partial charge in [-0.15, -0.1) is 6.04 Å². The van der Waals surface area contributed by atoms with Gasteiger partial charge in [-0.2, -0.15) is 0 Å². The maximum atomic E-state index is 9.58. The van der Waals surface area contributed by atoms with E-state index in [9.17, 15) is 19.8 Å². The molecule has 8 heteroatoms. The number of nitrogens with one attached hydrogen (secondary N) is 1. The monoisotopic (exact) mass is 427 g/mol. The number of aliphatic hydroxyl groups is 1. The molecule has 0 saturated heterocycles. The second-order valence-corrected chi connectivity index (χ2v) is 3.39. The zero-order valence-electron chi connectivity index (χ0n) is 9.16. The number of carboxylic acids is 2. The Hall–Kier alpha value is -0.492. The molecule has 1 aliphatic rings. The summed E-state index contributed by atoms with van der Waals surface area (Å²) in [5.74, 6) is -3.43. The molecule has 7 nitrogen and oxygen atoms in total. The molecule has 0 bridgehead atoms. The van der Waals surface area contributed by atoms with Gasteiger partial charge in [0.05, 0.1) is 12.1 Å². The number of carbonyl (C=O) groups excluding carboxylic acids is 2. The van der Waals surface area contributed by atoms with E-state index >= 15 is 0 Å². The SMILES string of the molecule is O=C([O-])CC(O)C(=O)[O-].[NH-]C1CCCC1.[NH2-].[Pt+4]. The molecule has 17 heavy (non-hydrogen) atoms. The van der Waals surface area contributed by atoms with Crippen LogP contribution in [0.15, 0.2) is 0 Å². The van der Waals surface area contributed by atoms with Gasteiger partial charge in [0.15, 0.2) is 0 Å². The Kier molecular flexibility index (Phi) is 15.3. The fraction of sp³-hybridized carbons (Fsp3) is 0.778. The van der Waals surface area contributed by atoms with Crippen LogP contribution in [0.25, 0.3) is 11.9 Å². The molecule has 1 rings (SSSR count). The van der Waals surface area contributed by atoms with Gasteiger partial charge in [0.25, 0.3) is 0 Å². The minimum Gasteiger partial charge on any atom is -0.693 e. The summed E-state index contributed by atoms with van der Waals surface area (Å²) < 4.78 is 0. The molecule has 1 aliphatic carbocycles. The van der Waals surface area contributed by atoms with Gasteiger partial charge >= 0.3 is 21.1 Å². The van der Waals surface area contributed by atoms with Crippen molar-refractivity contribution in [2.24, 2.45) is 0 Å². The largest absolute Gasteiger partial charge is 4.00 e. The maximum Gasteiger partial charge on any atom is 4.00 e.